The minimum Gasteiger partial charge on any atom is -0.396 e. The largest absolute Gasteiger partial charge is 0.396 e. The van der Waals surface area contributed by atoms with E-state index < -0.39 is 0 Å². The van der Waals surface area contributed by atoms with Crippen molar-refractivity contribution in [2.45, 2.75) is 19.3 Å². The molecule has 1 saturated heterocycles. The smallest absolute Gasteiger partial charge is 0.271 e. The molecule has 1 fully saturated rings. The van der Waals surface area contributed by atoms with E-state index in [0.29, 0.717) is 30.2 Å². The van der Waals surface area contributed by atoms with Crippen molar-refractivity contribution in [3.8, 4) is 11.3 Å². The summed E-state index contributed by atoms with van der Waals surface area (Å²) >= 11 is 7.72. The van der Waals surface area contributed by atoms with E-state index in [1.165, 1.54) is 0 Å². The van der Waals surface area contributed by atoms with Crippen LogP contribution in [0.5, 0.6) is 0 Å². The van der Waals surface area contributed by atoms with Gasteiger partial charge in [0.25, 0.3) is 5.91 Å². The van der Waals surface area contributed by atoms with Gasteiger partial charge in [-0.3, -0.25) is 9.89 Å². The predicted octanol–water partition coefficient (Wildman–Crippen LogP) is 4.25. The second-order valence-electron chi connectivity index (χ2n) is 7.47. The second kappa shape index (κ2) is 8.07. The maximum Gasteiger partial charge on any atom is 0.271 e. The first-order valence-electron chi connectivity index (χ1n) is 9.31. The molecule has 28 heavy (non-hydrogen) atoms. The quantitative estimate of drug-likeness (QED) is 0.654. The van der Waals surface area contributed by atoms with E-state index in [1.807, 2.05) is 46.0 Å². The number of thiophene rings is 1. The molecule has 4 rings (SSSR count). The number of aromatic amines is 1. The molecule has 0 radical (unpaired) electrons. The van der Waals surface area contributed by atoms with Crippen LogP contribution in [0.2, 0.25) is 5.02 Å². The van der Waals surface area contributed by atoms with Crippen LogP contribution in [0.1, 0.15) is 28.9 Å². The minimum absolute atomic E-state index is 0.0342. The summed E-state index contributed by atoms with van der Waals surface area (Å²) in [5, 5.41) is 22.0. The van der Waals surface area contributed by atoms with E-state index in [4.69, 9.17) is 11.6 Å². The van der Waals surface area contributed by atoms with Gasteiger partial charge in [0.15, 0.2) is 0 Å². The number of rotatable bonds is 5. The summed E-state index contributed by atoms with van der Waals surface area (Å²) in [6.45, 7) is 1.23. The number of benzene rings is 1. The van der Waals surface area contributed by atoms with Gasteiger partial charge in [-0.05, 0) is 54.5 Å². The van der Waals surface area contributed by atoms with E-state index in [9.17, 15) is 9.90 Å². The third-order valence-corrected chi connectivity index (χ3v) is 6.30. The van der Waals surface area contributed by atoms with Crippen molar-refractivity contribution in [2.75, 3.05) is 19.7 Å². The number of carbonyl (C=O) groups is 1. The number of carbonyl (C=O) groups excluding carboxylic acids is 1. The van der Waals surface area contributed by atoms with Gasteiger partial charge in [0.05, 0.1) is 12.3 Å². The number of nitrogens with one attached hydrogen (secondary N) is 1. The van der Waals surface area contributed by atoms with Gasteiger partial charge in [-0.15, -0.1) is 0 Å². The molecule has 7 heteroatoms. The van der Waals surface area contributed by atoms with Gasteiger partial charge >= 0.3 is 0 Å². The van der Waals surface area contributed by atoms with Crippen LogP contribution < -0.4 is 0 Å². The molecule has 2 aromatic heterocycles. The average molecular weight is 416 g/mol. The Hall–Kier alpha value is -2.15. The Morgan fingerprint density at radius 3 is 3.00 bits per heavy atom. The number of H-pyrrole nitrogens is 1. The average Bonchev–Trinajstić information content (AvgIpc) is 3.39. The Balaban J connectivity index is 1.51. The third kappa shape index (κ3) is 3.99. The molecule has 3 heterocycles. The van der Waals surface area contributed by atoms with Gasteiger partial charge in [0, 0.05) is 34.5 Å². The van der Waals surface area contributed by atoms with Gasteiger partial charge in [-0.2, -0.15) is 16.4 Å². The number of likely N-dealkylation sites (tertiary alicyclic amines) is 1. The zero-order chi connectivity index (χ0) is 19.6. The lowest BCUT2D eigenvalue weighted by atomic mass is 9.75. The van der Waals surface area contributed by atoms with E-state index in [0.717, 1.165) is 29.7 Å². The van der Waals surface area contributed by atoms with Crippen molar-refractivity contribution < 1.29 is 9.90 Å². The van der Waals surface area contributed by atoms with Gasteiger partial charge in [-0.25, -0.2) is 0 Å². The van der Waals surface area contributed by atoms with Crippen molar-refractivity contribution in [3.05, 3.63) is 63.4 Å². The zero-order valence-electron chi connectivity index (χ0n) is 15.4. The van der Waals surface area contributed by atoms with Crippen LogP contribution in [0.4, 0.5) is 0 Å². The predicted molar refractivity (Wildman–Crippen MR) is 112 cm³/mol. The summed E-state index contributed by atoms with van der Waals surface area (Å²) in [5.74, 6) is -0.0717. The van der Waals surface area contributed by atoms with E-state index >= 15 is 0 Å². The standard InChI is InChI=1S/C21H22ClN3O2S/c22-17-4-1-3-15(9-17)11-21(14-26)6-2-7-25(13-21)20(27)19-10-18(23-24-19)16-5-8-28-12-16/h1,3-5,8-10,12,26H,2,6-7,11,13-14H2,(H,23,24)/t21-/m0/s1. The lowest BCUT2D eigenvalue weighted by Crippen LogP contribution is -2.49. The number of halogens is 1. The molecule has 1 aliphatic rings. The van der Waals surface area contributed by atoms with Crippen LogP contribution >= 0.6 is 22.9 Å². The molecule has 0 spiro atoms. The monoisotopic (exact) mass is 415 g/mol. The highest BCUT2D eigenvalue weighted by Crippen LogP contribution is 2.34. The summed E-state index contributed by atoms with van der Waals surface area (Å²) in [6.07, 6.45) is 2.43. The summed E-state index contributed by atoms with van der Waals surface area (Å²) in [5.41, 5.74) is 2.99. The molecule has 3 aromatic rings. The zero-order valence-corrected chi connectivity index (χ0v) is 17.0. The van der Waals surface area contributed by atoms with Crippen LogP contribution in [-0.2, 0) is 6.42 Å². The summed E-state index contributed by atoms with van der Waals surface area (Å²) in [6, 6.07) is 11.5. The fourth-order valence-electron chi connectivity index (χ4n) is 3.95. The van der Waals surface area contributed by atoms with Crippen molar-refractivity contribution in [2.24, 2.45) is 5.41 Å². The Morgan fingerprint density at radius 2 is 2.25 bits per heavy atom. The molecule has 146 valence electrons. The van der Waals surface area contributed by atoms with Gasteiger partial charge < -0.3 is 10.0 Å². The van der Waals surface area contributed by atoms with Crippen molar-refractivity contribution >= 4 is 28.8 Å². The Labute approximate surface area is 173 Å². The molecule has 0 aliphatic carbocycles. The highest BCUT2D eigenvalue weighted by atomic mass is 35.5. The highest BCUT2D eigenvalue weighted by Gasteiger charge is 2.37. The molecule has 0 unspecified atom stereocenters. The van der Waals surface area contributed by atoms with E-state index in [-0.39, 0.29) is 17.9 Å². The molecule has 2 N–H and O–H groups in total. The maximum absolute atomic E-state index is 13.0. The molecule has 0 saturated carbocycles. The SMILES string of the molecule is O=C(c1cc(-c2ccsc2)n[nH]1)N1CCC[C@](CO)(Cc2cccc(Cl)c2)C1. The third-order valence-electron chi connectivity index (χ3n) is 5.38. The van der Waals surface area contributed by atoms with Crippen LogP contribution in [0.3, 0.4) is 0 Å². The lowest BCUT2D eigenvalue weighted by molar-refractivity contribution is 0.0268. The summed E-state index contributed by atoms with van der Waals surface area (Å²) in [4.78, 5) is 14.9. The van der Waals surface area contributed by atoms with Gasteiger partial charge in [0.2, 0.25) is 0 Å². The maximum atomic E-state index is 13.0. The first-order chi connectivity index (χ1) is 13.6. The number of aromatic nitrogens is 2. The number of amides is 1. The molecule has 5 nitrogen and oxygen atoms in total. The van der Waals surface area contributed by atoms with E-state index in [2.05, 4.69) is 10.2 Å². The van der Waals surface area contributed by atoms with Crippen LogP contribution in [0.15, 0.2) is 47.2 Å². The number of hydrogen-bond acceptors (Lipinski definition) is 4. The lowest BCUT2D eigenvalue weighted by Gasteiger charge is -2.42. The Morgan fingerprint density at radius 1 is 1.36 bits per heavy atom. The van der Waals surface area contributed by atoms with Gasteiger partial charge in [-0.1, -0.05) is 23.7 Å². The fraction of sp³-hybridized carbons (Fsp3) is 0.333. The number of hydrogen-bond donors (Lipinski definition) is 2. The van der Waals surface area contributed by atoms with Crippen molar-refractivity contribution in [3.63, 3.8) is 0 Å². The summed E-state index contributed by atoms with van der Waals surface area (Å²) < 4.78 is 0. The molecule has 1 aliphatic heterocycles. The summed E-state index contributed by atoms with van der Waals surface area (Å²) in [7, 11) is 0. The normalized spacial score (nSPS) is 19.7. The Kier molecular flexibility index (Phi) is 5.53. The number of nitrogens with zero attached hydrogens (tertiary/aromatic N) is 2. The van der Waals surface area contributed by atoms with Crippen LogP contribution in [-0.4, -0.2) is 45.8 Å². The molecular weight excluding hydrogens is 394 g/mol. The van der Waals surface area contributed by atoms with Crippen molar-refractivity contribution in [1.29, 1.82) is 0 Å². The second-order valence-corrected chi connectivity index (χ2v) is 8.69. The molecular formula is C21H22ClN3O2S. The topological polar surface area (TPSA) is 69.2 Å². The molecule has 1 aromatic carbocycles. The fourth-order valence-corrected chi connectivity index (χ4v) is 4.81. The van der Waals surface area contributed by atoms with Gasteiger partial charge in [0.1, 0.15) is 5.69 Å². The Bertz CT molecular complexity index is 956. The number of aliphatic hydroxyl groups is 1. The van der Waals surface area contributed by atoms with Crippen LogP contribution in [0, 0.1) is 5.41 Å². The first-order valence-corrected chi connectivity index (χ1v) is 10.6. The van der Waals surface area contributed by atoms with Crippen molar-refractivity contribution in [1.82, 2.24) is 15.1 Å². The minimum atomic E-state index is -0.352. The number of piperidine rings is 1. The molecule has 1 amide bonds. The molecule has 0 bridgehead atoms. The van der Waals surface area contributed by atoms with E-state index in [1.54, 1.807) is 17.4 Å². The first kappa shape index (κ1) is 19.2. The highest BCUT2D eigenvalue weighted by molar-refractivity contribution is 7.08. The number of aliphatic hydroxyl groups excluding tert-OH is 1. The van der Waals surface area contributed by atoms with Crippen LogP contribution in [0.25, 0.3) is 11.3 Å². The molecule has 1 atom stereocenters.